The highest BCUT2D eigenvalue weighted by Crippen LogP contribution is 2.14. The summed E-state index contributed by atoms with van der Waals surface area (Å²) in [4.78, 5) is 6.46. The van der Waals surface area contributed by atoms with Crippen molar-refractivity contribution in [3.8, 4) is 0 Å². The highest BCUT2D eigenvalue weighted by molar-refractivity contribution is 9.10. The van der Waals surface area contributed by atoms with Gasteiger partial charge in [-0.2, -0.15) is 0 Å². The molecule has 1 heterocycles. The number of aromatic nitrogens is 1. The molecule has 0 aromatic carbocycles. The van der Waals surface area contributed by atoms with Gasteiger partial charge < -0.3 is 19.5 Å². The van der Waals surface area contributed by atoms with Crippen molar-refractivity contribution in [1.82, 2.24) is 14.8 Å². The van der Waals surface area contributed by atoms with Crippen LogP contribution in [0.5, 0.6) is 0 Å². The molecule has 1 aromatic rings. The van der Waals surface area contributed by atoms with E-state index < -0.39 is 0 Å². The van der Waals surface area contributed by atoms with E-state index in [2.05, 4.69) is 68.9 Å². The summed E-state index contributed by atoms with van der Waals surface area (Å²) < 4.78 is 8.80. The second kappa shape index (κ2) is 9.90. The maximum atomic E-state index is 5.58. The van der Waals surface area contributed by atoms with Crippen molar-refractivity contribution < 1.29 is 4.74 Å². The lowest BCUT2D eigenvalue weighted by atomic mass is 10.2. The first-order chi connectivity index (χ1) is 10.4. The maximum absolute atomic E-state index is 5.58. The molecular weight excluding hydrogens is 344 g/mol. The number of aliphatic imine (C=N–C) groups is 1. The highest BCUT2D eigenvalue weighted by Gasteiger charge is 2.09. The zero-order valence-corrected chi connectivity index (χ0v) is 16.0. The number of rotatable bonds is 8. The van der Waals surface area contributed by atoms with Crippen LogP contribution >= 0.6 is 15.9 Å². The third-order valence-electron chi connectivity index (χ3n) is 3.25. The second-order valence-corrected chi connectivity index (χ2v) is 6.83. The first-order valence-corrected chi connectivity index (χ1v) is 8.53. The zero-order valence-electron chi connectivity index (χ0n) is 14.4. The Kier molecular flexibility index (Phi) is 8.56. The van der Waals surface area contributed by atoms with Gasteiger partial charge in [-0.1, -0.05) is 13.8 Å². The molecule has 0 aliphatic carbocycles. The fraction of sp³-hybridized carbons (Fsp3) is 0.688. The lowest BCUT2D eigenvalue weighted by Gasteiger charge is -2.22. The van der Waals surface area contributed by atoms with E-state index in [9.17, 15) is 0 Å². The van der Waals surface area contributed by atoms with Crippen LogP contribution in [0.4, 0.5) is 0 Å². The van der Waals surface area contributed by atoms with Crippen LogP contribution in [0.2, 0.25) is 0 Å². The Bertz CT molecular complexity index is 471. The molecule has 0 saturated carbocycles. The Morgan fingerprint density at radius 1 is 1.50 bits per heavy atom. The molecule has 5 nitrogen and oxygen atoms in total. The van der Waals surface area contributed by atoms with Gasteiger partial charge in [0.05, 0.1) is 6.54 Å². The van der Waals surface area contributed by atoms with Crippen molar-refractivity contribution in [2.24, 2.45) is 18.0 Å². The smallest absolute Gasteiger partial charge is 0.193 e. The van der Waals surface area contributed by atoms with Gasteiger partial charge in [0.2, 0.25) is 0 Å². The average molecular weight is 373 g/mol. The van der Waals surface area contributed by atoms with Crippen molar-refractivity contribution in [1.29, 1.82) is 0 Å². The van der Waals surface area contributed by atoms with E-state index in [1.807, 2.05) is 14.1 Å². The monoisotopic (exact) mass is 372 g/mol. The molecule has 0 fully saturated rings. The summed E-state index contributed by atoms with van der Waals surface area (Å²) in [6.07, 6.45) is 3.04. The molecule has 0 radical (unpaired) electrons. The fourth-order valence-corrected chi connectivity index (χ4v) is 2.69. The third-order valence-corrected chi connectivity index (χ3v) is 3.68. The number of aryl methyl sites for hydroxylation is 1. The number of nitrogens with one attached hydrogen (secondary N) is 1. The normalized spacial score (nSPS) is 12.0. The van der Waals surface area contributed by atoms with E-state index in [4.69, 9.17) is 4.74 Å². The molecule has 0 amide bonds. The predicted octanol–water partition coefficient (Wildman–Crippen LogP) is 2.86. The summed E-state index contributed by atoms with van der Waals surface area (Å²) in [5.41, 5.74) is 1.23. The van der Waals surface area contributed by atoms with Crippen LogP contribution in [-0.2, 0) is 18.3 Å². The molecule has 22 heavy (non-hydrogen) atoms. The number of halogens is 1. The molecule has 0 bridgehead atoms. The van der Waals surface area contributed by atoms with Gasteiger partial charge in [-0.05, 0) is 34.3 Å². The molecule has 1 N–H and O–H groups in total. The van der Waals surface area contributed by atoms with Gasteiger partial charge in [0.1, 0.15) is 0 Å². The van der Waals surface area contributed by atoms with Crippen LogP contribution in [0.15, 0.2) is 21.7 Å². The zero-order chi connectivity index (χ0) is 16.5. The average Bonchev–Trinajstić information content (AvgIpc) is 2.75. The fourth-order valence-electron chi connectivity index (χ4n) is 2.12. The van der Waals surface area contributed by atoms with Crippen molar-refractivity contribution >= 4 is 21.9 Å². The van der Waals surface area contributed by atoms with Crippen molar-refractivity contribution in [2.75, 3.05) is 33.9 Å². The van der Waals surface area contributed by atoms with Gasteiger partial charge in [-0.3, -0.25) is 4.99 Å². The first kappa shape index (κ1) is 19.0. The Balaban J connectivity index is 2.33. The highest BCUT2D eigenvalue weighted by atomic mass is 79.9. The van der Waals surface area contributed by atoms with Crippen molar-refractivity contribution in [3.05, 3.63) is 22.4 Å². The summed E-state index contributed by atoms with van der Waals surface area (Å²) in [5, 5.41) is 3.38. The first-order valence-electron chi connectivity index (χ1n) is 7.74. The van der Waals surface area contributed by atoms with Crippen LogP contribution in [-0.4, -0.2) is 49.3 Å². The topological polar surface area (TPSA) is 41.8 Å². The molecule has 0 saturated heterocycles. The van der Waals surface area contributed by atoms with Gasteiger partial charge in [0.15, 0.2) is 5.96 Å². The van der Waals surface area contributed by atoms with Gasteiger partial charge in [0.25, 0.3) is 0 Å². The lowest BCUT2D eigenvalue weighted by molar-refractivity contribution is 0.108. The number of hydrogen-bond donors (Lipinski definition) is 1. The van der Waals surface area contributed by atoms with Gasteiger partial charge in [0, 0.05) is 57.3 Å². The van der Waals surface area contributed by atoms with E-state index in [0.717, 1.165) is 43.2 Å². The molecule has 6 heteroatoms. The minimum atomic E-state index is 0.594. The summed E-state index contributed by atoms with van der Waals surface area (Å²) in [6, 6.07) is 2.13. The van der Waals surface area contributed by atoms with Crippen LogP contribution < -0.4 is 5.32 Å². The third kappa shape index (κ3) is 6.83. The van der Waals surface area contributed by atoms with Crippen LogP contribution in [0.1, 0.15) is 26.0 Å². The number of hydrogen-bond acceptors (Lipinski definition) is 2. The molecule has 1 rings (SSSR count). The Morgan fingerprint density at radius 2 is 2.23 bits per heavy atom. The van der Waals surface area contributed by atoms with Crippen molar-refractivity contribution in [3.63, 3.8) is 0 Å². The largest absolute Gasteiger partial charge is 0.381 e. The quantitative estimate of drug-likeness (QED) is 0.433. The number of ether oxygens (including phenoxy) is 1. The van der Waals surface area contributed by atoms with E-state index in [0.29, 0.717) is 5.92 Å². The standard InChI is InChI=1S/C16H29BrN4O/c1-13(2)12-22-8-6-7-19-16(18-3)21(5)11-15-9-14(17)10-20(15)4/h9-10,13H,6-8,11-12H2,1-5H3,(H,18,19). The molecule has 0 unspecified atom stereocenters. The number of nitrogens with zero attached hydrogens (tertiary/aromatic N) is 3. The minimum absolute atomic E-state index is 0.594. The molecule has 0 aliphatic rings. The van der Waals surface area contributed by atoms with E-state index in [1.54, 1.807) is 0 Å². The Hall–Kier alpha value is -1.01. The van der Waals surface area contributed by atoms with E-state index in [-0.39, 0.29) is 0 Å². The van der Waals surface area contributed by atoms with E-state index in [1.165, 1.54) is 5.69 Å². The molecule has 126 valence electrons. The second-order valence-electron chi connectivity index (χ2n) is 5.91. The van der Waals surface area contributed by atoms with Crippen LogP contribution in [0, 0.1) is 5.92 Å². The molecule has 0 aliphatic heterocycles. The summed E-state index contributed by atoms with van der Waals surface area (Å²) in [7, 11) is 5.91. The predicted molar refractivity (Wildman–Crippen MR) is 96.2 cm³/mol. The Morgan fingerprint density at radius 3 is 2.77 bits per heavy atom. The lowest BCUT2D eigenvalue weighted by Crippen LogP contribution is -2.39. The van der Waals surface area contributed by atoms with Crippen molar-refractivity contribution in [2.45, 2.75) is 26.8 Å². The van der Waals surface area contributed by atoms with Crippen LogP contribution in [0.25, 0.3) is 0 Å². The molecule has 1 aromatic heterocycles. The van der Waals surface area contributed by atoms with Gasteiger partial charge >= 0.3 is 0 Å². The minimum Gasteiger partial charge on any atom is -0.381 e. The molecule has 0 spiro atoms. The van der Waals surface area contributed by atoms with Gasteiger partial charge in [-0.25, -0.2) is 0 Å². The SMILES string of the molecule is CN=C(NCCCOCC(C)C)N(C)Cc1cc(Br)cn1C. The summed E-state index contributed by atoms with van der Waals surface area (Å²) in [6.45, 7) is 7.62. The Labute approximate surface area is 142 Å². The molecule has 0 atom stereocenters. The summed E-state index contributed by atoms with van der Waals surface area (Å²) >= 11 is 3.50. The van der Waals surface area contributed by atoms with E-state index >= 15 is 0 Å². The molecular formula is C16H29BrN4O. The van der Waals surface area contributed by atoms with Crippen LogP contribution in [0.3, 0.4) is 0 Å². The summed E-state index contributed by atoms with van der Waals surface area (Å²) in [5.74, 6) is 1.50. The number of guanidine groups is 1. The van der Waals surface area contributed by atoms with Gasteiger partial charge in [-0.15, -0.1) is 0 Å². The maximum Gasteiger partial charge on any atom is 0.193 e.